The number of amides is 2. The van der Waals surface area contributed by atoms with Crippen LogP contribution in [0.2, 0.25) is 0 Å². The smallest absolute Gasteiger partial charge is 0.240 e. The molecule has 1 unspecified atom stereocenters. The van der Waals surface area contributed by atoms with Crippen molar-refractivity contribution in [2.45, 2.75) is 18.6 Å². The van der Waals surface area contributed by atoms with Gasteiger partial charge in [0.05, 0.1) is 6.21 Å². The molecule has 28 heavy (non-hydrogen) atoms. The fraction of sp³-hybridized carbons (Fsp3) is 0.143. The van der Waals surface area contributed by atoms with Crippen LogP contribution >= 0.6 is 11.8 Å². The van der Waals surface area contributed by atoms with Gasteiger partial charge in [0.2, 0.25) is 11.8 Å². The van der Waals surface area contributed by atoms with Crippen LogP contribution in [0.5, 0.6) is 0 Å². The van der Waals surface area contributed by atoms with Gasteiger partial charge in [-0.3, -0.25) is 9.59 Å². The number of amidine groups is 1. The quantitative estimate of drug-likeness (QED) is 0.581. The van der Waals surface area contributed by atoms with E-state index in [2.05, 4.69) is 20.8 Å². The minimum atomic E-state index is -0.515. The number of hydrogen-bond donors (Lipinski definition) is 2. The monoisotopic (exact) mass is 392 g/mol. The van der Waals surface area contributed by atoms with Gasteiger partial charge in [0.15, 0.2) is 5.17 Å². The van der Waals surface area contributed by atoms with Crippen molar-refractivity contribution >= 4 is 46.7 Å². The summed E-state index contributed by atoms with van der Waals surface area (Å²) in [6.45, 7) is 1.92. The summed E-state index contributed by atoms with van der Waals surface area (Å²) >= 11 is 1.21. The average molecular weight is 392 g/mol. The van der Waals surface area contributed by atoms with E-state index in [4.69, 9.17) is 0 Å². The lowest BCUT2D eigenvalue weighted by Crippen LogP contribution is -2.28. The Balaban J connectivity index is 1.53. The molecule has 1 aliphatic rings. The summed E-state index contributed by atoms with van der Waals surface area (Å²) in [5.74, 6) is -0.455. The van der Waals surface area contributed by atoms with Gasteiger partial charge < -0.3 is 10.6 Å². The summed E-state index contributed by atoms with van der Waals surface area (Å²) in [4.78, 5) is 24.2. The predicted octanol–water partition coefficient (Wildman–Crippen LogP) is 3.69. The minimum absolute atomic E-state index is 0.0705. The maximum atomic E-state index is 12.1. The van der Waals surface area contributed by atoms with E-state index in [0.717, 1.165) is 11.1 Å². The van der Waals surface area contributed by atoms with E-state index in [1.807, 2.05) is 61.5 Å². The average Bonchev–Trinajstić information content (AvgIpc) is 3.02. The molecule has 1 atom stereocenters. The van der Waals surface area contributed by atoms with E-state index in [-0.39, 0.29) is 18.2 Å². The van der Waals surface area contributed by atoms with Gasteiger partial charge in [-0.25, -0.2) is 0 Å². The van der Waals surface area contributed by atoms with Gasteiger partial charge in [-0.1, -0.05) is 66.4 Å². The molecule has 2 amide bonds. The third kappa shape index (κ3) is 5.92. The van der Waals surface area contributed by atoms with E-state index in [1.165, 1.54) is 11.8 Å². The van der Waals surface area contributed by atoms with Gasteiger partial charge in [-0.15, -0.1) is 5.10 Å². The number of para-hydroxylation sites is 1. The molecule has 0 saturated carbocycles. The molecule has 0 bridgehead atoms. The van der Waals surface area contributed by atoms with Crippen LogP contribution in [0.3, 0.4) is 0 Å². The van der Waals surface area contributed by atoms with E-state index >= 15 is 0 Å². The highest BCUT2D eigenvalue weighted by atomic mass is 32.2. The number of rotatable bonds is 6. The van der Waals surface area contributed by atoms with Gasteiger partial charge in [0, 0.05) is 12.1 Å². The molecule has 1 fully saturated rings. The summed E-state index contributed by atoms with van der Waals surface area (Å²) in [6.07, 6.45) is 3.68. The Morgan fingerprint density at radius 3 is 2.54 bits per heavy atom. The topological polar surface area (TPSA) is 82.9 Å². The molecule has 2 N–H and O–H groups in total. The van der Waals surface area contributed by atoms with Crippen molar-refractivity contribution in [1.82, 2.24) is 5.32 Å². The summed E-state index contributed by atoms with van der Waals surface area (Å²) in [6, 6.07) is 19.0. The standard InChI is InChI=1S/C21H20N4O2S/c1-15(12-16-8-4-2-5-9-16)14-22-25-21-24-20(27)18(28-21)13-19(26)23-17-10-6-3-7-11-17/h2-12,14,18H,13H2,1H3,(H,23,26)(H,24,25,27)/b15-12-,22-14-. The van der Waals surface area contributed by atoms with Gasteiger partial charge >= 0.3 is 0 Å². The van der Waals surface area contributed by atoms with E-state index < -0.39 is 5.25 Å². The number of thioether (sulfide) groups is 1. The molecule has 0 radical (unpaired) electrons. The molecule has 0 aliphatic carbocycles. The maximum Gasteiger partial charge on any atom is 0.240 e. The third-order valence-corrected chi connectivity index (χ3v) is 4.88. The Labute approximate surface area is 167 Å². The van der Waals surface area contributed by atoms with Crippen molar-refractivity contribution in [3.05, 3.63) is 71.8 Å². The Morgan fingerprint density at radius 1 is 1.14 bits per heavy atom. The molecule has 0 aromatic heterocycles. The summed E-state index contributed by atoms with van der Waals surface area (Å²) in [7, 11) is 0. The fourth-order valence-electron chi connectivity index (χ4n) is 2.51. The first kappa shape index (κ1) is 19.6. The van der Waals surface area contributed by atoms with Crippen LogP contribution in [0.1, 0.15) is 18.9 Å². The van der Waals surface area contributed by atoms with Gasteiger partial charge in [-0.2, -0.15) is 5.10 Å². The number of anilines is 1. The zero-order valence-corrected chi connectivity index (χ0v) is 16.1. The summed E-state index contributed by atoms with van der Waals surface area (Å²) < 4.78 is 0. The van der Waals surface area contributed by atoms with Gasteiger partial charge in [0.25, 0.3) is 0 Å². The van der Waals surface area contributed by atoms with E-state index in [9.17, 15) is 9.59 Å². The highest BCUT2D eigenvalue weighted by molar-refractivity contribution is 8.15. The van der Waals surface area contributed by atoms with Crippen molar-refractivity contribution in [3.8, 4) is 0 Å². The van der Waals surface area contributed by atoms with Crippen LogP contribution in [-0.2, 0) is 9.59 Å². The van der Waals surface area contributed by atoms with Gasteiger partial charge in [-0.05, 0) is 30.2 Å². The Kier molecular flexibility index (Phi) is 6.75. The normalized spacial score (nSPS) is 18.5. The number of benzene rings is 2. The van der Waals surface area contributed by atoms with Crippen LogP contribution in [0.4, 0.5) is 5.69 Å². The van der Waals surface area contributed by atoms with Crippen LogP contribution < -0.4 is 10.6 Å². The SMILES string of the molecule is CC(/C=N\N=C1/NC(=O)C(CC(=O)Nc2ccccc2)S1)=C/c1ccccc1. The second kappa shape index (κ2) is 9.66. The number of carbonyl (C=O) groups is 2. The van der Waals surface area contributed by atoms with Crippen LogP contribution in [-0.4, -0.2) is 28.4 Å². The predicted molar refractivity (Wildman–Crippen MR) is 115 cm³/mol. The number of carbonyl (C=O) groups excluding carboxylic acids is 2. The first-order valence-corrected chi connectivity index (χ1v) is 9.65. The largest absolute Gasteiger partial charge is 0.326 e. The molecule has 2 aromatic rings. The summed E-state index contributed by atoms with van der Waals surface area (Å²) in [5.41, 5.74) is 2.71. The van der Waals surface area contributed by atoms with E-state index in [1.54, 1.807) is 18.3 Å². The second-order valence-electron chi connectivity index (χ2n) is 6.16. The lowest BCUT2D eigenvalue weighted by molar-refractivity contribution is -0.122. The first-order chi connectivity index (χ1) is 13.6. The number of nitrogens with zero attached hydrogens (tertiary/aromatic N) is 2. The van der Waals surface area contributed by atoms with Crippen LogP contribution in [0.25, 0.3) is 6.08 Å². The van der Waals surface area contributed by atoms with Crippen molar-refractivity contribution in [2.75, 3.05) is 5.32 Å². The van der Waals surface area contributed by atoms with Crippen LogP contribution in [0.15, 0.2) is 76.4 Å². The Bertz CT molecular complexity index is 924. The molecule has 1 saturated heterocycles. The maximum absolute atomic E-state index is 12.1. The zero-order valence-electron chi connectivity index (χ0n) is 15.3. The Hall–Kier alpha value is -3.19. The molecule has 0 spiro atoms. The molecular weight excluding hydrogens is 372 g/mol. The second-order valence-corrected chi connectivity index (χ2v) is 7.35. The number of allylic oxidation sites excluding steroid dienone is 1. The number of hydrogen-bond acceptors (Lipinski definition) is 5. The molecule has 1 aliphatic heterocycles. The van der Waals surface area contributed by atoms with Crippen molar-refractivity contribution < 1.29 is 9.59 Å². The van der Waals surface area contributed by atoms with Crippen LogP contribution in [0, 0.1) is 0 Å². The molecule has 6 nitrogen and oxygen atoms in total. The zero-order chi connectivity index (χ0) is 19.8. The van der Waals surface area contributed by atoms with E-state index in [0.29, 0.717) is 10.9 Å². The molecule has 3 rings (SSSR count). The third-order valence-electron chi connectivity index (χ3n) is 3.81. The number of nitrogens with one attached hydrogen (secondary N) is 2. The summed E-state index contributed by atoms with van der Waals surface area (Å²) in [5, 5.41) is 13.4. The van der Waals surface area contributed by atoms with Crippen molar-refractivity contribution in [2.24, 2.45) is 10.2 Å². The molecule has 142 valence electrons. The molecule has 1 heterocycles. The molecule has 7 heteroatoms. The highest BCUT2D eigenvalue weighted by Gasteiger charge is 2.32. The van der Waals surface area contributed by atoms with Crippen molar-refractivity contribution in [3.63, 3.8) is 0 Å². The minimum Gasteiger partial charge on any atom is -0.326 e. The fourth-order valence-corrected chi connectivity index (χ4v) is 3.43. The van der Waals surface area contributed by atoms with Crippen molar-refractivity contribution in [1.29, 1.82) is 0 Å². The highest BCUT2D eigenvalue weighted by Crippen LogP contribution is 2.23. The Morgan fingerprint density at radius 2 is 1.82 bits per heavy atom. The first-order valence-electron chi connectivity index (χ1n) is 8.77. The lowest BCUT2D eigenvalue weighted by atomic mass is 10.1. The van der Waals surface area contributed by atoms with Gasteiger partial charge in [0.1, 0.15) is 5.25 Å². The molecule has 2 aromatic carbocycles. The molecular formula is C21H20N4O2S. The lowest BCUT2D eigenvalue weighted by Gasteiger charge is -2.06.